The molecule has 232 valence electrons. The smallest absolute Gasteiger partial charge is 0.194 e. The Labute approximate surface area is 253 Å². The van der Waals surface area contributed by atoms with Crippen molar-refractivity contribution in [3.8, 4) is 22.3 Å². The van der Waals surface area contributed by atoms with Gasteiger partial charge in [-0.25, -0.2) is 30.7 Å². The van der Waals surface area contributed by atoms with Crippen LogP contribution in [0.15, 0.2) is 60.7 Å². The van der Waals surface area contributed by atoms with E-state index in [1.807, 2.05) is 0 Å². The van der Waals surface area contributed by atoms with E-state index in [9.17, 15) is 17.6 Å². The molecule has 0 radical (unpaired) electrons. The van der Waals surface area contributed by atoms with Crippen molar-refractivity contribution in [1.82, 2.24) is 0 Å². The van der Waals surface area contributed by atoms with Crippen LogP contribution in [-0.4, -0.2) is 0 Å². The van der Waals surface area contributed by atoms with E-state index in [4.69, 9.17) is 0 Å². The molecule has 4 aromatic carbocycles. The molecule has 1 fully saturated rings. The van der Waals surface area contributed by atoms with Gasteiger partial charge in [-0.05, 0) is 102 Å². The molecule has 0 bridgehead atoms. The zero-order chi connectivity index (χ0) is 31.4. The fourth-order valence-corrected chi connectivity index (χ4v) is 6.41. The van der Waals surface area contributed by atoms with Crippen molar-refractivity contribution in [3.63, 3.8) is 0 Å². The summed E-state index contributed by atoms with van der Waals surface area (Å²) in [7, 11) is 0. The molecule has 0 nitrogen and oxygen atoms in total. The predicted molar refractivity (Wildman–Crippen MR) is 160 cm³/mol. The normalized spacial score (nSPS) is 16.8. The Balaban J connectivity index is 1.28. The van der Waals surface area contributed by atoms with Gasteiger partial charge in [0.1, 0.15) is 11.6 Å². The number of aryl methyl sites for hydroxylation is 2. The van der Waals surface area contributed by atoms with Crippen molar-refractivity contribution in [2.24, 2.45) is 5.92 Å². The quantitative estimate of drug-likeness (QED) is 0.0950. The van der Waals surface area contributed by atoms with E-state index in [1.165, 1.54) is 56.0 Å². The maximum atomic E-state index is 15.3. The molecule has 4 aromatic rings. The van der Waals surface area contributed by atoms with Gasteiger partial charge < -0.3 is 0 Å². The molecule has 44 heavy (non-hydrogen) atoms. The fraction of sp³-hybridized carbons (Fsp3) is 0.351. The summed E-state index contributed by atoms with van der Waals surface area (Å²) in [5, 5.41) is 0. The molecular formula is C37H35F7. The number of rotatable bonds is 10. The van der Waals surface area contributed by atoms with Gasteiger partial charge in [-0.15, -0.1) is 0 Å². The monoisotopic (exact) mass is 612 g/mol. The summed E-state index contributed by atoms with van der Waals surface area (Å²) in [6, 6.07) is 12.9. The predicted octanol–water partition coefficient (Wildman–Crippen LogP) is 11.6. The van der Waals surface area contributed by atoms with Crippen molar-refractivity contribution in [3.05, 3.63) is 118 Å². The summed E-state index contributed by atoms with van der Waals surface area (Å²) in [5.74, 6) is -6.84. The van der Waals surface area contributed by atoms with Crippen LogP contribution in [0.25, 0.3) is 22.3 Å². The first-order valence-corrected chi connectivity index (χ1v) is 15.4. The van der Waals surface area contributed by atoms with Crippen LogP contribution in [0.3, 0.4) is 0 Å². The molecule has 0 aliphatic heterocycles. The van der Waals surface area contributed by atoms with Gasteiger partial charge in [0.2, 0.25) is 0 Å². The lowest BCUT2D eigenvalue weighted by Crippen LogP contribution is -2.15. The van der Waals surface area contributed by atoms with E-state index >= 15 is 13.2 Å². The highest BCUT2D eigenvalue weighted by Gasteiger charge is 2.26. The second-order valence-corrected chi connectivity index (χ2v) is 11.9. The van der Waals surface area contributed by atoms with Crippen LogP contribution in [0.5, 0.6) is 0 Å². The van der Waals surface area contributed by atoms with Gasteiger partial charge in [0, 0.05) is 11.1 Å². The van der Waals surface area contributed by atoms with Crippen molar-refractivity contribution < 1.29 is 30.7 Å². The molecule has 0 unspecified atom stereocenters. The maximum absolute atomic E-state index is 15.3. The van der Waals surface area contributed by atoms with E-state index in [0.29, 0.717) is 11.5 Å². The minimum Gasteiger partial charge on any atom is -0.207 e. The van der Waals surface area contributed by atoms with Crippen molar-refractivity contribution in [1.29, 1.82) is 0 Å². The van der Waals surface area contributed by atoms with E-state index in [-0.39, 0.29) is 52.1 Å². The van der Waals surface area contributed by atoms with Crippen molar-refractivity contribution in [2.45, 2.75) is 77.0 Å². The minimum absolute atomic E-state index is 0.0315. The van der Waals surface area contributed by atoms with Crippen LogP contribution in [-0.2, 0) is 12.8 Å². The molecule has 0 heterocycles. The molecule has 0 atom stereocenters. The summed E-state index contributed by atoms with van der Waals surface area (Å²) < 4.78 is 101. The van der Waals surface area contributed by atoms with Crippen molar-refractivity contribution in [2.75, 3.05) is 0 Å². The molecular weight excluding hydrogens is 577 g/mol. The lowest BCUT2D eigenvalue weighted by molar-refractivity contribution is 0.298. The molecule has 0 spiro atoms. The van der Waals surface area contributed by atoms with Crippen molar-refractivity contribution >= 4 is 0 Å². The molecule has 0 aromatic heterocycles. The average Bonchev–Trinajstić information content (AvgIpc) is 3.01. The average molecular weight is 613 g/mol. The summed E-state index contributed by atoms with van der Waals surface area (Å²) in [6.45, 7) is 2.18. The van der Waals surface area contributed by atoms with E-state index < -0.39 is 40.7 Å². The van der Waals surface area contributed by atoms with Crippen LogP contribution >= 0.6 is 0 Å². The van der Waals surface area contributed by atoms with Gasteiger partial charge in [-0.3, -0.25) is 0 Å². The largest absolute Gasteiger partial charge is 0.207 e. The maximum Gasteiger partial charge on any atom is 0.194 e. The Morgan fingerprint density at radius 2 is 1.20 bits per heavy atom. The number of benzene rings is 4. The Morgan fingerprint density at radius 1 is 0.568 bits per heavy atom. The second kappa shape index (κ2) is 14.0. The molecule has 1 aliphatic carbocycles. The summed E-state index contributed by atoms with van der Waals surface area (Å²) >= 11 is 0. The Morgan fingerprint density at radius 3 is 1.86 bits per heavy atom. The van der Waals surface area contributed by atoms with E-state index in [0.717, 1.165) is 49.9 Å². The van der Waals surface area contributed by atoms with Crippen LogP contribution in [0.4, 0.5) is 30.7 Å². The standard InChI is InChI=1S/C37H35F7/c1-2-3-4-5-22-6-9-24(10-7-22)29-16-17-30(36(43)35(29)42)27-14-15-28(32(39)21-27)26-13-12-25(31(38)20-26)11-8-23-18-33(40)37(44)34(41)19-23/h12-22,24H,2-11H2,1H3. The molecule has 1 saturated carbocycles. The van der Waals surface area contributed by atoms with Crippen LogP contribution in [0.1, 0.15) is 80.9 Å². The minimum atomic E-state index is -1.56. The molecule has 1 aliphatic rings. The number of unbranched alkanes of at least 4 members (excludes halogenated alkanes) is 2. The zero-order valence-corrected chi connectivity index (χ0v) is 24.6. The zero-order valence-electron chi connectivity index (χ0n) is 24.6. The first-order valence-electron chi connectivity index (χ1n) is 15.4. The summed E-state index contributed by atoms with van der Waals surface area (Å²) in [4.78, 5) is 0. The lowest BCUT2D eigenvalue weighted by atomic mass is 9.76. The SMILES string of the molecule is CCCCCC1CCC(c2ccc(-c3ccc(-c4ccc(CCc5cc(F)c(F)c(F)c5)c(F)c4)c(F)c3)c(F)c2F)CC1. The van der Waals surface area contributed by atoms with Gasteiger partial charge in [-0.1, -0.05) is 69.0 Å². The summed E-state index contributed by atoms with van der Waals surface area (Å²) in [5.41, 5.74) is 1.23. The molecule has 0 saturated heterocycles. The highest BCUT2D eigenvalue weighted by atomic mass is 19.2. The van der Waals surface area contributed by atoms with Gasteiger partial charge >= 0.3 is 0 Å². The second-order valence-electron chi connectivity index (χ2n) is 11.9. The number of hydrogen-bond donors (Lipinski definition) is 0. The first kappa shape index (κ1) is 31.8. The highest BCUT2D eigenvalue weighted by molar-refractivity contribution is 5.72. The van der Waals surface area contributed by atoms with E-state index in [2.05, 4.69) is 6.92 Å². The van der Waals surface area contributed by atoms with Gasteiger partial charge in [0.25, 0.3) is 0 Å². The molecule has 0 N–H and O–H groups in total. The fourth-order valence-electron chi connectivity index (χ4n) is 6.41. The topological polar surface area (TPSA) is 0 Å². The third-order valence-electron chi connectivity index (χ3n) is 8.99. The van der Waals surface area contributed by atoms with Crippen LogP contribution in [0, 0.1) is 46.6 Å². The third-order valence-corrected chi connectivity index (χ3v) is 8.99. The summed E-state index contributed by atoms with van der Waals surface area (Å²) in [6.07, 6.45) is 8.64. The Hall–Kier alpha value is -3.61. The van der Waals surface area contributed by atoms with Crippen LogP contribution < -0.4 is 0 Å². The molecule has 7 heteroatoms. The Bertz CT molecular complexity index is 1600. The molecule has 0 amide bonds. The molecule has 5 rings (SSSR count). The lowest BCUT2D eigenvalue weighted by Gasteiger charge is -2.29. The number of hydrogen-bond acceptors (Lipinski definition) is 0. The third kappa shape index (κ3) is 7.03. The van der Waals surface area contributed by atoms with E-state index in [1.54, 1.807) is 6.07 Å². The number of halogens is 7. The first-order chi connectivity index (χ1) is 21.2. The van der Waals surface area contributed by atoms with Gasteiger partial charge in [0.15, 0.2) is 29.1 Å². The van der Waals surface area contributed by atoms with Crippen LogP contribution in [0.2, 0.25) is 0 Å². The van der Waals surface area contributed by atoms with Gasteiger partial charge in [0.05, 0.1) is 0 Å². The van der Waals surface area contributed by atoms with Gasteiger partial charge in [-0.2, -0.15) is 0 Å². The highest BCUT2D eigenvalue weighted by Crippen LogP contribution is 2.40. The Kier molecular flexibility index (Phi) is 10.1.